The molecule has 0 aliphatic carbocycles. The lowest BCUT2D eigenvalue weighted by atomic mass is 10.2. The molecule has 1 N–H and O–H groups in total. The first-order valence-electron chi connectivity index (χ1n) is 10.4. The maximum absolute atomic E-state index is 11.5. The molecule has 10 heteroatoms. The van der Waals surface area contributed by atoms with Gasteiger partial charge in [0.15, 0.2) is 15.8 Å². The Hall–Kier alpha value is -1.27. The highest BCUT2D eigenvalue weighted by atomic mass is 127. The fourth-order valence-electron chi connectivity index (χ4n) is 3.67. The van der Waals surface area contributed by atoms with Gasteiger partial charge < -0.3 is 19.9 Å². The number of guanidine groups is 1. The molecule has 0 spiro atoms. The Morgan fingerprint density at radius 1 is 1.07 bits per heavy atom. The van der Waals surface area contributed by atoms with E-state index in [4.69, 9.17) is 9.73 Å². The lowest BCUT2D eigenvalue weighted by molar-refractivity contribution is 0.302. The first kappa shape index (κ1) is 25.0. The topological polar surface area (TPSA) is 77.5 Å². The van der Waals surface area contributed by atoms with Crippen LogP contribution in [0.2, 0.25) is 0 Å². The zero-order chi connectivity index (χ0) is 20.7. The van der Waals surface area contributed by atoms with Crippen molar-refractivity contribution in [3.63, 3.8) is 0 Å². The molecule has 2 aliphatic rings. The second-order valence-electron chi connectivity index (χ2n) is 7.40. The molecule has 0 bridgehead atoms. The number of sulfone groups is 1. The summed E-state index contributed by atoms with van der Waals surface area (Å²) in [5.41, 5.74) is 1.22. The zero-order valence-electron chi connectivity index (χ0n) is 17.9. The van der Waals surface area contributed by atoms with Crippen LogP contribution in [0.1, 0.15) is 6.92 Å². The van der Waals surface area contributed by atoms with Crippen molar-refractivity contribution in [3.8, 4) is 5.75 Å². The molecule has 30 heavy (non-hydrogen) atoms. The van der Waals surface area contributed by atoms with Gasteiger partial charge in [-0.05, 0) is 31.2 Å². The van der Waals surface area contributed by atoms with E-state index in [0.29, 0.717) is 19.6 Å². The minimum Gasteiger partial charge on any atom is -0.497 e. The predicted octanol–water partition coefficient (Wildman–Crippen LogP) is 1.13. The van der Waals surface area contributed by atoms with Crippen LogP contribution < -0.4 is 15.0 Å². The molecular formula is C20H34IN5O3S. The number of hydrogen-bond donors (Lipinski definition) is 1. The standard InChI is InChI=1S/C20H33N5O3S.HI/c1-3-21-20(22-8-9-23-14-16-29(26,27)17-15-23)25-12-10-24(11-13-25)18-4-6-19(28-2)7-5-18;/h4-7H,3,8-17H2,1-2H3,(H,21,22);1H. The highest BCUT2D eigenvalue weighted by Crippen LogP contribution is 2.20. The Bertz CT molecular complexity index is 766. The molecule has 0 saturated carbocycles. The minimum absolute atomic E-state index is 0. The van der Waals surface area contributed by atoms with E-state index in [2.05, 4.69) is 39.1 Å². The molecule has 170 valence electrons. The van der Waals surface area contributed by atoms with Crippen LogP contribution in [0.3, 0.4) is 0 Å². The third-order valence-electron chi connectivity index (χ3n) is 5.47. The number of halogens is 1. The van der Waals surface area contributed by atoms with Crippen LogP contribution in [0.4, 0.5) is 5.69 Å². The van der Waals surface area contributed by atoms with Crippen LogP contribution in [0.25, 0.3) is 0 Å². The minimum atomic E-state index is -2.82. The second kappa shape index (κ2) is 11.9. The van der Waals surface area contributed by atoms with E-state index in [1.807, 2.05) is 12.1 Å². The first-order chi connectivity index (χ1) is 14.0. The van der Waals surface area contributed by atoms with E-state index in [1.165, 1.54) is 5.69 Å². The van der Waals surface area contributed by atoms with E-state index in [1.54, 1.807) is 7.11 Å². The van der Waals surface area contributed by atoms with Gasteiger partial charge in [0.1, 0.15) is 5.75 Å². The Morgan fingerprint density at radius 3 is 2.27 bits per heavy atom. The molecule has 0 amide bonds. The number of benzene rings is 1. The number of piperazine rings is 1. The number of methoxy groups -OCH3 is 1. The quantitative estimate of drug-likeness (QED) is 0.323. The summed E-state index contributed by atoms with van der Waals surface area (Å²) in [6.45, 7) is 9.36. The van der Waals surface area contributed by atoms with Crippen molar-refractivity contribution >= 4 is 45.5 Å². The van der Waals surface area contributed by atoms with Gasteiger partial charge in [-0.1, -0.05) is 0 Å². The molecule has 1 aromatic rings. The van der Waals surface area contributed by atoms with Crippen LogP contribution in [0.15, 0.2) is 29.3 Å². The van der Waals surface area contributed by atoms with Gasteiger partial charge in [0, 0.05) is 58.0 Å². The second-order valence-corrected chi connectivity index (χ2v) is 9.70. The van der Waals surface area contributed by atoms with E-state index >= 15 is 0 Å². The van der Waals surface area contributed by atoms with Crippen molar-refractivity contribution < 1.29 is 13.2 Å². The molecule has 2 heterocycles. The summed E-state index contributed by atoms with van der Waals surface area (Å²) in [4.78, 5) is 11.7. The normalized spacial score (nSPS) is 19.9. The third kappa shape index (κ3) is 7.16. The maximum Gasteiger partial charge on any atom is 0.194 e. The van der Waals surface area contributed by atoms with E-state index in [0.717, 1.165) is 51.0 Å². The summed E-state index contributed by atoms with van der Waals surface area (Å²) in [5, 5.41) is 3.40. The molecule has 3 rings (SSSR count). The third-order valence-corrected chi connectivity index (χ3v) is 7.08. The Balaban J connectivity index is 0.00000320. The predicted molar refractivity (Wildman–Crippen MR) is 133 cm³/mol. The van der Waals surface area contributed by atoms with Gasteiger partial charge in [0.2, 0.25) is 0 Å². The van der Waals surface area contributed by atoms with Gasteiger partial charge >= 0.3 is 0 Å². The Labute approximate surface area is 197 Å². The number of hydrogen-bond acceptors (Lipinski definition) is 6. The molecular weight excluding hydrogens is 517 g/mol. The summed E-state index contributed by atoms with van der Waals surface area (Å²) in [7, 11) is -1.14. The molecule has 0 aromatic heterocycles. The molecule has 0 atom stereocenters. The average molecular weight is 551 g/mol. The summed E-state index contributed by atoms with van der Waals surface area (Å²) >= 11 is 0. The summed E-state index contributed by atoms with van der Waals surface area (Å²) in [6.07, 6.45) is 0. The SMILES string of the molecule is CCNC(=NCCN1CCS(=O)(=O)CC1)N1CCN(c2ccc(OC)cc2)CC1.I. The van der Waals surface area contributed by atoms with Crippen molar-refractivity contribution in [3.05, 3.63) is 24.3 Å². The van der Waals surface area contributed by atoms with Crippen molar-refractivity contribution in [2.75, 3.05) is 82.4 Å². The van der Waals surface area contributed by atoms with Crippen molar-refractivity contribution in [2.24, 2.45) is 4.99 Å². The fourth-order valence-corrected chi connectivity index (χ4v) is 4.94. The van der Waals surface area contributed by atoms with Crippen molar-refractivity contribution in [1.82, 2.24) is 15.1 Å². The number of aliphatic imine (C=N–C) groups is 1. The molecule has 0 unspecified atom stereocenters. The zero-order valence-corrected chi connectivity index (χ0v) is 21.1. The summed E-state index contributed by atoms with van der Waals surface area (Å²) in [6, 6.07) is 8.21. The highest BCUT2D eigenvalue weighted by Gasteiger charge is 2.22. The highest BCUT2D eigenvalue weighted by molar-refractivity contribution is 14.0. The van der Waals surface area contributed by atoms with E-state index in [-0.39, 0.29) is 35.5 Å². The van der Waals surface area contributed by atoms with Crippen LogP contribution in [-0.2, 0) is 9.84 Å². The average Bonchev–Trinajstić information content (AvgIpc) is 2.74. The van der Waals surface area contributed by atoms with Gasteiger partial charge in [-0.15, -0.1) is 24.0 Å². The van der Waals surface area contributed by atoms with E-state index in [9.17, 15) is 8.42 Å². The smallest absolute Gasteiger partial charge is 0.194 e. The van der Waals surface area contributed by atoms with Crippen LogP contribution >= 0.6 is 24.0 Å². The monoisotopic (exact) mass is 551 g/mol. The number of nitrogens with zero attached hydrogens (tertiary/aromatic N) is 4. The maximum atomic E-state index is 11.5. The van der Waals surface area contributed by atoms with Crippen LogP contribution in [0, 0.1) is 0 Å². The van der Waals surface area contributed by atoms with Crippen LogP contribution in [0.5, 0.6) is 5.75 Å². The molecule has 2 aliphatic heterocycles. The van der Waals surface area contributed by atoms with Crippen molar-refractivity contribution in [2.45, 2.75) is 6.92 Å². The van der Waals surface area contributed by atoms with Crippen molar-refractivity contribution in [1.29, 1.82) is 0 Å². The van der Waals surface area contributed by atoms with Gasteiger partial charge in [-0.3, -0.25) is 9.89 Å². The number of rotatable bonds is 6. The lowest BCUT2D eigenvalue weighted by Gasteiger charge is -2.37. The van der Waals surface area contributed by atoms with Gasteiger partial charge in [-0.25, -0.2) is 8.42 Å². The molecule has 2 fully saturated rings. The lowest BCUT2D eigenvalue weighted by Crippen LogP contribution is -2.52. The number of nitrogens with one attached hydrogen (secondary N) is 1. The molecule has 2 saturated heterocycles. The largest absolute Gasteiger partial charge is 0.497 e. The summed E-state index contributed by atoms with van der Waals surface area (Å²) in [5.74, 6) is 2.36. The Kier molecular flexibility index (Phi) is 9.95. The molecule has 8 nitrogen and oxygen atoms in total. The number of anilines is 1. The first-order valence-corrected chi connectivity index (χ1v) is 12.2. The fraction of sp³-hybridized carbons (Fsp3) is 0.650. The van der Waals surface area contributed by atoms with Gasteiger partial charge in [-0.2, -0.15) is 0 Å². The Morgan fingerprint density at radius 2 is 1.70 bits per heavy atom. The van der Waals surface area contributed by atoms with Crippen LogP contribution in [-0.4, -0.2) is 102 Å². The number of ether oxygens (including phenoxy) is 1. The van der Waals surface area contributed by atoms with Gasteiger partial charge in [0.25, 0.3) is 0 Å². The van der Waals surface area contributed by atoms with Gasteiger partial charge in [0.05, 0.1) is 25.2 Å². The van der Waals surface area contributed by atoms with E-state index < -0.39 is 9.84 Å². The summed E-state index contributed by atoms with van der Waals surface area (Å²) < 4.78 is 28.3. The molecule has 1 aromatic carbocycles. The molecule has 0 radical (unpaired) electrons.